The van der Waals surface area contributed by atoms with Crippen molar-refractivity contribution in [1.82, 2.24) is 9.97 Å². The van der Waals surface area contributed by atoms with E-state index in [1.807, 2.05) is 12.1 Å². The molecule has 2 aromatic rings. The Morgan fingerprint density at radius 1 is 1.18 bits per heavy atom. The van der Waals surface area contributed by atoms with E-state index in [2.05, 4.69) is 14.7 Å². The third kappa shape index (κ3) is 2.93. The molecule has 1 aliphatic carbocycles. The molecular weight excluding hydrogens is 280 g/mol. The van der Waals surface area contributed by atoms with Gasteiger partial charge >= 0.3 is 5.97 Å². The number of aromatic amines is 1. The van der Waals surface area contributed by atoms with Gasteiger partial charge in [-0.3, -0.25) is 9.59 Å². The van der Waals surface area contributed by atoms with Gasteiger partial charge in [-0.05, 0) is 25.7 Å². The molecular formula is C17H18N2O3. The maximum atomic E-state index is 11.9. The van der Waals surface area contributed by atoms with Gasteiger partial charge in [-0.25, -0.2) is 4.98 Å². The number of Topliss-reactive ketones (excluding diaryl/α,β-unsaturated/α-hetero) is 1. The van der Waals surface area contributed by atoms with Gasteiger partial charge in [0.15, 0.2) is 5.78 Å². The third-order valence-corrected chi connectivity index (χ3v) is 3.97. The highest BCUT2D eigenvalue weighted by Crippen LogP contribution is 2.24. The van der Waals surface area contributed by atoms with Crippen molar-refractivity contribution in [2.24, 2.45) is 0 Å². The first-order valence-corrected chi connectivity index (χ1v) is 7.45. The number of rotatable bonds is 4. The van der Waals surface area contributed by atoms with Crippen molar-refractivity contribution in [3.05, 3.63) is 41.2 Å². The number of hydrogen-bond donors (Lipinski definition) is 1. The van der Waals surface area contributed by atoms with Gasteiger partial charge in [0.1, 0.15) is 12.2 Å². The summed E-state index contributed by atoms with van der Waals surface area (Å²) in [5.74, 6) is 0.0868. The van der Waals surface area contributed by atoms with Crippen LogP contribution >= 0.6 is 0 Å². The first-order chi connectivity index (χ1) is 10.7. The molecule has 0 spiro atoms. The monoisotopic (exact) mass is 298 g/mol. The molecule has 1 heterocycles. The minimum atomic E-state index is -0.521. The second kappa shape index (κ2) is 6.13. The lowest BCUT2D eigenvalue weighted by Gasteiger charge is -2.07. The Kier molecular flexibility index (Phi) is 4.04. The van der Waals surface area contributed by atoms with Crippen molar-refractivity contribution in [2.75, 3.05) is 7.11 Å². The van der Waals surface area contributed by atoms with E-state index in [1.165, 1.54) is 25.6 Å². The van der Waals surface area contributed by atoms with Crippen LogP contribution in [0, 0.1) is 0 Å². The number of methoxy groups -OCH3 is 1. The summed E-state index contributed by atoms with van der Waals surface area (Å²) in [4.78, 5) is 31.0. The number of nitrogens with zero attached hydrogens (tertiary/aromatic N) is 1. The summed E-state index contributed by atoms with van der Waals surface area (Å²) in [5.41, 5.74) is 3.84. The Bertz CT molecular complexity index is 678. The molecule has 114 valence electrons. The predicted molar refractivity (Wildman–Crippen MR) is 81.6 cm³/mol. The topological polar surface area (TPSA) is 72.1 Å². The summed E-state index contributed by atoms with van der Waals surface area (Å²) in [6.07, 6.45) is 4.25. The molecule has 0 saturated heterocycles. The molecule has 0 saturated carbocycles. The number of esters is 1. The van der Waals surface area contributed by atoms with Gasteiger partial charge in [0, 0.05) is 16.8 Å². The Labute approximate surface area is 128 Å². The van der Waals surface area contributed by atoms with E-state index >= 15 is 0 Å². The van der Waals surface area contributed by atoms with Crippen LogP contribution in [0.25, 0.3) is 11.4 Å². The van der Waals surface area contributed by atoms with E-state index in [-0.39, 0.29) is 12.2 Å². The summed E-state index contributed by atoms with van der Waals surface area (Å²) in [6, 6.07) is 7.16. The van der Waals surface area contributed by atoms with Gasteiger partial charge in [0.05, 0.1) is 12.8 Å². The van der Waals surface area contributed by atoms with Gasteiger partial charge < -0.3 is 9.72 Å². The van der Waals surface area contributed by atoms with E-state index < -0.39 is 5.97 Å². The fourth-order valence-electron chi connectivity index (χ4n) is 2.71. The largest absolute Gasteiger partial charge is 0.469 e. The molecule has 1 aromatic heterocycles. The average Bonchev–Trinajstić information content (AvgIpc) is 2.98. The van der Waals surface area contributed by atoms with Crippen LogP contribution in [0.15, 0.2) is 24.3 Å². The Morgan fingerprint density at radius 2 is 1.91 bits per heavy atom. The minimum Gasteiger partial charge on any atom is -0.469 e. The molecule has 22 heavy (non-hydrogen) atoms. The second-order valence-electron chi connectivity index (χ2n) is 5.47. The molecule has 1 N–H and O–H groups in total. The van der Waals surface area contributed by atoms with Crippen LogP contribution in [0.4, 0.5) is 0 Å². The number of ether oxygens (including phenoxy) is 1. The van der Waals surface area contributed by atoms with Gasteiger partial charge in [0.2, 0.25) is 0 Å². The molecule has 0 atom stereocenters. The zero-order valence-corrected chi connectivity index (χ0v) is 12.5. The highest BCUT2D eigenvalue weighted by atomic mass is 16.5. The van der Waals surface area contributed by atoms with Crippen LogP contribution in [0.3, 0.4) is 0 Å². The van der Waals surface area contributed by atoms with Crippen LogP contribution in [0.5, 0.6) is 0 Å². The molecule has 0 bridgehead atoms. The van der Waals surface area contributed by atoms with E-state index in [0.29, 0.717) is 5.56 Å². The lowest BCUT2D eigenvalue weighted by Crippen LogP contribution is -2.09. The Morgan fingerprint density at radius 3 is 2.59 bits per heavy atom. The van der Waals surface area contributed by atoms with Crippen molar-refractivity contribution in [3.8, 4) is 11.4 Å². The van der Waals surface area contributed by atoms with E-state index in [9.17, 15) is 9.59 Å². The smallest absolute Gasteiger partial charge is 0.313 e. The van der Waals surface area contributed by atoms with Crippen molar-refractivity contribution >= 4 is 11.8 Å². The number of ketones is 1. The number of aryl methyl sites for hydroxylation is 2. The Balaban J connectivity index is 1.78. The highest BCUT2D eigenvalue weighted by Gasteiger charge is 2.16. The number of aromatic nitrogens is 2. The molecule has 3 rings (SSSR count). The number of benzene rings is 1. The second-order valence-corrected chi connectivity index (χ2v) is 5.47. The zero-order valence-electron chi connectivity index (χ0n) is 12.5. The molecule has 1 aromatic carbocycles. The molecule has 0 amide bonds. The summed E-state index contributed by atoms with van der Waals surface area (Å²) in [7, 11) is 1.28. The Hall–Kier alpha value is -2.43. The summed E-state index contributed by atoms with van der Waals surface area (Å²) in [5, 5.41) is 0. The number of carbonyl (C=O) groups excluding carboxylic acids is 2. The number of nitrogens with one attached hydrogen (secondary N) is 1. The first kappa shape index (κ1) is 14.5. The number of H-pyrrole nitrogens is 1. The van der Waals surface area contributed by atoms with E-state index in [1.54, 1.807) is 12.1 Å². The minimum absolute atomic E-state index is 0.231. The molecule has 0 unspecified atom stereocenters. The summed E-state index contributed by atoms with van der Waals surface area (Å²) in [6.45, 7) is 0. The SMILES string of the molecule is COC(=O)CC(=O)c1ccc(-c2nc3c([nH]2)CCCC3)cc1. The van der Waals surface area contributed by atoms with Gasteiger partial charge in [-0.15, -0.1) is 0 Å². The predicted octanol–water partition coefficient (Wildman–Crippen LogP) is 2.70. The van der Waals surface area contributed by atoms with Gasteiger partial charge in [-0.2, -0.15) is 0 Å². The van der Waals surface area contributed by atoms with Gasteiger partial charge in [-0.1, -0.05) is 24.3 Å². The number of hydrogen-bond acceptors (Lipinski definition) is 4. The third-order valence-electron chi connectivity index (χ3n) is 3.97. The van der Waals surface area contributed by atoms with Crippen LogP contribution in [0.2, 0.25) is 0 Å². The van der Waals surface area contributed by atoms with Crippen LogP contribution in [-0.4, -0.2) is 28.8 Å². The highest BCUT2D eigenvalue weighted by molar-refractivity contribution is 6.06. The van der Waals surface area contributed by atoms with Crippen molar-refractivity contribution in [3.63, 3.8) is 0 Å². The van der Waals surface area contributed by atoms with Gasteiger partial charge in [0.25, 0.3) is 0 Å². The molecule has 5 nitrogen and oxygen atoms in total. The molecule has 0 aliphatic heterocycles. The summed E-state index contributed by atoms with van der Waals surface area (Å²) >= 11 is 0. The number of fused-ring (bicyclic) bond motifs is 1. The lowest BCUT2D eigenvalue weighted by molar-refractivity contribution is -0.139. The quantitative estimate of drug-likeness (QED) is 0.535. The standard InChI is InChI=1S/C17H18N2O3/c1-22-16(21)10-15(20)11-6-8-12(9-7-11)17-18-13-4-2-3-5-14(13)19-17/h6-9H,2-5,10H2,1H3,(H,18,19). The number of carbonyl (C=O) groups is 2. The van der Waals surface area contributed by atoms with Crippen LogP contribution < -0.4 is 0 Å². The maximum absolute atomic E-state index is 11.9. The van der Waals surface area contributed by atoms with Crippen LogP contribution in [0.1, 0.15) is 41.0 Å². The fourth-order valence-corrected chi connectivity index (χ4v) is 2.71. The summed E-state index contributed by atoms with van der Waals surface area (Å²) < 4.78 is 4.51. The lowest BCUT2D eigenvalue weighted by atomic mass is 10.0. The maximum Gasteiger partial charge on any atom is 0.313 e. The molecule has 0 fully saturated rings. The van der Waals surface area contributed by atoms with Crippen molar-refractivity contribution < 1.29 is 14.3 Å². The normalized spacial score (nSPS) is 13.5. The van der Waals surface area contributed by atoms with Crippen molar-refractivity contribution in [2.45, 2.75) is 32.1 Å². The molecule has 0 radical (unpaired) electrons. The zero-order chi connectivity index (χ0) is 15.5. The average molecular weight is 298 g/mol. The van der Waals surface area contributed by atoms with E-state index in [0.717, 1.165) is 29.9 Å². The first-order valence-electron chi connectivity index (χ1n) is 7.45. The van der Waals surface area contributed by atoms with Crippen molar-refractivity contribution in [1.29, 1.82) is 0 Å². The fraction of sp³-hybridized carbons (Fsp3) is 0.353. The van der Waals surface area contributed by atoms with Crippen LogP contribution in [-0.2, 0) is 22.4 Å². The molecule has 1 aliphatic rings. The van der Waals surface area contributed by atoms with E-state index in [4.69, 9.17) is 0 Å². The molecule has 5 heteroatoms. The number of imidazole rings is 1.